The molecule has 0 bridgehead atoms. The fourth-order valence-corrected chi connectivity index (χ4v) is 6.50. The molecule has 1 N–H and O–H groups in total. The lowest BCUT2D eigenvalue weighted by atomic mass is 10.1. The summed E-state index contributed by atoms with van der Waals surface area (Å²) in [6.07, 6.45) is 3.73. The molecular formula is C23H30BrN5O2S. The topological polar surface area (TPSA) is 76.6 Å². The van der Waals surface area contributed by atoms with Crippen LogP contribution in [-0.2, 0) is 22.3 Å². The van der Waals surface area contributed by atoms with E-state index < -0.39 is 11.2 Å². The largest absolute Gasteiger partial charge is 0.611 e. The van der Waals surface area contributed by atoms with Crippen molar-refractivity contribution in [2.45, 2.75) is 49.6 Å². The summed E-state index contributed by atoms with van der Waals surface area (Å²) in [5.74, 6) is 2.19. The third kappa shape index (κ3) is 4.58. The van der Waals surface area contributed by atoms with E-state index in [1.165, 1.54) is 5.69 Å². The Kier molecular flexibility index (Phi) is 6.78. The summed E-state index contributed by atoms with van der Waals surface area (Å²) in [5, 5.41) is 3.59. The van der Waals surface area contributed by atoms with Gasteiger partial charge in [-0.3, -0.25) is 0 Å². The smallest absolute Gasteiger partial charge is 0.227 e. The van der Waals surface area contributed by atoms with Gasteiger partial charge in [-0.05, 0) is 61.6 Å². The Bertz CT molecular complexity index is 941. The Morgan fingerprint density at radius 1 is 1.22 bits per heavy atom. The highest BCUT2D eigenvalue weighted by molar-refractivity contribution is 9.10. The van der Waals surface area contributed by atoms with Crippen molar-refractivity contribution in [2.24, 2.45) is 0 Å². The molecule has 0 spiro atoms. The number of aryl methyl sites for hydroxylation is 1. The molecule has 2 fully saturated rings. The van der Waals surface area contributed by atoms with Crippen molar-refractivity contribution in [1.29, 1.82) is 0 Å². The fraction of sp³-hybridized carbons (Fsp3) is 0.565. The third-order valence-corrected chi connectivity index (χ3v) is 8.61. The van der Waals surface area contributed by atoms with Crippen LogP contribution in [0.15, 0.2) is 33.6 Å². The van der Waals surface area contributed by atoms with Crippen molar-refractivity contribution in [3.63, 3.8) is 0 Å². The molecule has 1 aromatic heterocycles. The van der Waals surface area contributed by atoms with Gasteiger partial charge in [0.15, 0.2) is 5.82 Å². The summed E-state index contributed by atoms with van der Waals surface area (Å²) in [6.45, 7) is 6.51. The molecule has 1 aromatic carbocycles. The minimum atomic E-state index is -1.02. The lowest BCUT2D eigenvalue weighted by Gasteiger charge is -2.30. The number of rotatable bonds is 6. The van der Waals surface area contributed by atoms with Gasteiger partial charge in [-0.25, -0.2) is 4.98 Å². The van der Waals surface area contributed by atoms with E-state index in [1.54, 1.807) is 0 Å². The summed E-state index contributed by atoms with van der Waals surface area (Å²) in [7, 11) is 0. The average molecular weight is 520 g/mol. The lowest BCUT2D eigenvalue weighted by Crippen LogP contribution is -2.38. The molecule has 2 saturated heterocycles. The van der Waals surface area contributed by atoms with E-state index in [9.17, 15) is 4.55 Å². The highest BCUT2D eigenvalue weighted by Crippen LogP contribution is 2.34. The molecule has 3 aliphatic heterocycles. The molecular weight excluding hydrogens is 490 g/mol. The number of aromatic nitrogens is 2. The molecule has 9 heteroatoms. The zero-order chi connectivity index (χ0) is 22.1. The lowest BCUT2D eigenvalue weighted by molar-refractivity contribution is 0.0903. The highest BCUT2D eigenvalue weighted by atomic mass is 79.9. The van der Waals surface area contributed by atoms with E-state index in [4.69, 9.17) is 14.7 Å². The van der Waals surface area contributed by atoms with Crippen LogP contribution in [0, 0.1) is 0 Å². The fourth-order valence-electron chi connectivity index (χ4n) is 4.92. The SMILES string of the molecule is CCN(c1ccc(Br)cc1)[C@@H]1CCN(c2nc3c(c(NC4CCOCC4)n2)[S+]([O-])CC3)C1. The summed E-state index contributed by atoms with van der Waals surface area (Å²) in [5.41, 5.74) is 2.20. The van der Waals surface area contributed by atoms with Crippen LogP contribution in [0.4, 0.5) is 17.5 Å². The molecule has 0 saturated carbocycles. The van der Waals surface area contributed by atoms with Gasteiger partial charge in [-0.1, -0.05) is 15.9 Å². The van der Waals surface area contributed by atoms with Gasteiger partial charge < -0.3 is 24.4 Å². The molecule has 7 nitrogen and oxygen atoms in total. The number of halogens is 1. The number of nitrogens with zero attached hydrogens (tertiary/aromatic N) is 4. The predicted molar refractivity (Wildman–Crippen MR) is 132 cm³/mol. The normalized spacial score (nSPS) is 23.4. The van der Waals surface area contributed by atoms with Gasteiger partial charge in [0.05, 0.1) is 0 Å². The zero-order valence-corrected chi connectivity index (χ0v) is 20.8. The summed E-state index contributed by atoms with van der Waals surface area (Å²) >= 11 is 2.52. The molecule has 4 heterocycles. The molecule has 0 aliphatic carbocycles. The Balaban J connectivity index is 1.36. The minimum Gasteiger partial charge on any atom is -0.611 e. The van der Waals surface area contributed by atoms with Crippen LogP contribution in [-0.4, -0.2) is 65.2 Å². The second kappa shape index (κ2) is 9.75. The van der Waals surface area contributed by atoms with Crippen molar-refractivity contribution < 1.29 is 9.29 Å². The molecule has 2 atom stereocenters. The van der Waals surface area contributed by atoms with Gasteiger partial charge in [-0.15, -0.1) is 0 Å². The maximum Gasteiger partial charge on any atom is 0.227 e. The second-order valence-corrected chi connectivity index (χ2v) is 11.1. The van der Waals surface area contributed by atoms with Gasteiger partial charge in [0.1, 0.15) is 11.4 Å². The van der Waals surface area contributed by atoms with E-state index in [0.717, 1.165) is 85.4 Å². The minimum absolute atomic E-state index is 0.313. The van der Waals surface area contributed by atoms with E-state index >= 15 is 0 Å². The quantitative estimate of drug-likeness (QED) is 0.584. The van der Waals surface area contributed by atoms with E-state index in [2.05, 4.69) is 62.2 Å². The maximum atomic E-state index is 12.7. The van der Waals surface area contributed by atoms with Crippen LogP contribution in [0.3, 0.4) is 0 Å². The van der Waals surface area contributed by atoms with Crippen LogP contribution in [0.25, 0.3) is 0 Å². The summed E-state index contributed by atoms with van der Waals surface area (Å²) < 4.78 is 19.3. The van der Waals surface area contributed by atoms with Crippen LogP contribution in [0.1, 0.15) is 31.9 Å². The third-order valence-electron chi connectivity index (χ3n) is 6.62. The number of hydrogen-bond donors (Lipinski definition) is 1. The van der Waals surface area contributed by atoms with E-state index in [0.29, 0.717) is 17.8 Å². The van der Waals surface area contributed by atoms with Gasteiger partial charge in [0, 0.05) is 61.5 Å². The van der Waals surface area contributed by atoms with E-state index in [1.807, 2.05) is 0 Å². The van der Waals surface area contributed by atoms with Crippen LogP contribution in [0.2, 0.25) is 0 Å². The second-order valence-electron chi connectivity index (χ2n) is 8.63. The maximum absolute atomic E-state index is 12.7. The van der Waals surface area contributed by atoms with Gasteiger partial charge in [0.2, 0.25) is 10.8 Å². The van der Waals surface area contributed by atoms with Gasteiger partial charge in [-0.2, -0.15) is 4.98 Å². The monoisotopic (exact) mass is 519 g/mol. The average Bonchev–Trinajstić information content (AvgIpc) is 3.44. The Hall–Kier alpha value is -1.55. The van der Waals surface area contributed by atoms with Gasteiger partial charge >= 0.3 is 0 Å². The molecule has 172 valence electrons. The number of fused-ring (bicyclic) bond motifs is 1. The highest BCUT2D eigenvalue weighted by Gasteiger charge is 2.35. The first kappa shape index (κ1) is 22.3. The summed E-state index contributed by atoms with van der Waals surface area (Å²) in [6, 6.07) is 9.28. The first-order valence-electron chi connectivity index (χ1n) is 11.5. The number of nitrogens with one attached hydrogen (secondary N) is 1. The molecule has 5 rings (SSSR count). The molecule has 0 radical (unpaired) electrons. The van der Waals surface area contributed by atoms with Crippen LogP contribution in [0.5, 0.6) is 0 Å². The van der Waals surface area contributed by atoms with Crippen molar-refractivity contribution >= 4 is 44.6 Å². The molecule has 32 heavy (non-hydrogen) atoms. The number of anilines is 3. The number of likely N-dealkylation sites (N-methyl/N-ethyl adjacent to an activating group) is 1. The van der Waals surface area contributed by atoms with Crippen molar-refractivity contribution in [2.75, 3.05) is 53.7 Å². The van der Waals surface area contributed by atoms with Crippen molar-refractivity contribution in [1.82, 2.24) is 9.97 Å². The van der Waals surface area contributed by atoms with Crippen molar-refractivity contribution in [3.05, 3.63) is 34.4 Å². The first-order valence-corrected chi connectivity index (χ1v) is 13.6. The Morgan fingerprint density at radius 2 is 2.00 bits per heavy atom. The van der Waals surface area contributed by atoms with Crippen LogP contribution < -0.4 is 15.1 Å². The number of benzene rings is 1. The molecule has 3 aliphatic rings. The predicted octanol–water partition coefficient (Wildman–Crippen LogP) is 3.60. The number of hydrogen-bond acceptors (Lipinski definition) is 7. The molecule has 2 aromatic rings. The zero-order valence-electron chi connectivity index (χ0n) is 18.4. The molecule has 1 unspecified atom stereocenters. The first-order chi connectivity index (χ1) is 15.6. The standard InChI is InChI=1S/C23H30BrN5O2S/c1-2-29(18-5-3-16(24)4-6-18)19-7-11-28(15-19)23-26-20-10-14-32(30)21(20)22(27-23)25-17-8-12-31-13-9-17/h3-6,17,19H,2,7-15H2,1H3,(H,25,26,27)/t19-,32?/m1/s1. The van der Waals surface area contributed by atoms with Gasteiger partial charge in [0.25, 0.3) is 0 Å². The summed E-state index contributed by atoms with van der Waals surface area (Å²) in [4.78, 5) is 15.4. The Labute approximate surface area is 201 Å². The molecule has 0 amide bonds. The van der Waals surface area contributed by atoms with Crippen molar-refractivity contribution in [3.8, 4) is 0 Å². The van der Waals surface area contributed by atoms with E-state index in [-0.39, 0.29) is 0 Å². The number of ether oxygens (including phenoxy) is 1. The van der Waals surface area contributed by atoms with Crippen LogP contribution >= 0.6 is 15.9 Å². The Morgan fingerprint density at radius 3 is 2.75 bits per heavy atom.